The highest BCUT2D eigenvalue weighted by atomic mass is 16.5. The molecule has 1 aromatic carbocycles. The van der Waals surface area contributed by atoms with Crippen molar-refractivity contribution in [2.75, 3.05) is 5.32 Å². The second-order valence-corrected chi connectivity index (χ2v) is 8.92. The molecule has 168 valence electrons. The minimum atomic E-state index is -0.956. The van der Waals surface area contributed by atoms with Gasteiger partial charge in [-0.1, -0.05) is 0 Å². The number of benzene rings is 1. The molecule has 3 rings (SSSR count). The topological polar surface area (TPSA) is 119 Å². The number of hydrogen-bond donors (Lipinski definition) is 2. The molecule has 2 saturated carbocycles. The van der Waals surface area contributed by atoms with Gasteiger partial charge in [-0.25, -0.2) is 9.59 Å². The van der Waals surface area contributed by atoms with E-state index < -0.39 is 35.7 Å². The predicted molar refractivity (Wildman–Crippen MR) is 112 cm³/mol. The molecule has 2 N–H and O–H groups in total. The fraction of sp³-hybridized carbons (Fsp3) is 0.565. The van der Waals surface area contributed by atoms with Gasteiger partial charge in [0.25, 0.3) is 0 Å². The fourth-order valence-corrected chi connectivity index (χ4v) is 4.75. The monoisotopic (exact) mass is 431 g/mol. The van der Waals surface area contributed by atoms with Crippen molar-refractivity contribution in [3.05, 3.63) is 29.3 Å². The number of carbonyl (C=O) groups is 4. The van der Waals surface area contributed by atoms with Crippen LogP contribution in [-0.4, -0.2) is 41.1 Å². The molecule has 4 atom stereocenters. The van der Waals surface area contributed by atoms with E-state index in [1.807, 2.05) is 0 Å². The molecule has 0 radical (unpaired) electrons. The van der Waals surface area contributed by atoms with E-state index in [-0.39, 0.29) is 40.9 Å². The maximum absolute atomic E-state index is 13.0. The van der Waals surface area contributed by atoms with Gasteiger partial charge in [-0.3, -0.25) is 9.59 Å². The van der Waals surface area contributed by atoms with Gasteiger partial charge in [0.2, 0.25) is 5.91 Å². The zero-order valence-electron chi connectivity index (χ0n) is 18.2. The van der Waals surface area contributed by atoms with Crippen LogP contribution in [0.15, 0.2) is 18.2 Å². The molecular weight excluding hydrogens is 402 g/mol. The molecule has 2 aliphatic carbocycles. The smallest absolute Gasteiger partial charge is 0.338 e. The van der Waals surface area contributed by atoms with Crippen LogP contribution in [0.3, 0.4) is 0 Å². The average molecular weight is 431 g/mol. The van der Waals surface area contributed by atoms with Crippen LogP contribution in [-0.2, 0) is 19.1 Å². The lowest BCUT2D eigenvalue weighted by molar-refractivity contribution is -0.148. The van der Waals surface area contributed by atoms with Gasteiger partial charge in [-0.15, -0.1) is 0 Å². The summed E-state index contributed by atoms with van der Waals surface area (Å²) >= 11 is 0. The Kier molecular flexibility index (Phi) is 6.67. The van der Waals surface area contributed by atoms with Gasteiger partial charge in [0.05, 0.1) is 35.2 Å². The Bertz CT molecular complexity index is 852. The molecule has 0 aliphatic heterocycles. The number of anilines is 1. The Morgan fingerprint density at radius 3 is 1.81 bits per heavy atom. The highest BCUT2D eigenvalue weighted by Crippen LogP contribution is 2.52. The minimum Gasteiger partial charge on any atom is -0.481 e. The van der Waals surface area contributed by atoms with Crippen molar-refractivity contribution in [3.63, 3.8) is 0 Å². The minimum absolute atomic E-state index is 0.0159. The van der Waals surface area contributed by atoms with Crippen LogP contribution in [0.5, 0.6) is 0 Å². The number of nitrogens with one attached hydrogen (secondary N) is 1. The Labute approximate surface area is 181 Å². The van der Waals surface area contributed by atoms with E-state index in [9.17, 15) is 24.3 Å². The molecule has 8 heteroatoms. The fourth-order valence-electron chi connectivity index (χ4n) is 4.75. The SMILES string of the molecule is CC(C)OC(=O)c1cc(NC(=O)[C@H]2[C@H]3CC[C@@H](C3)[C@@H]2C(=O)O)cc(C(=O)OC(C)C)c1. The van der Waals surface area contributed by atoms with Crippen molar-refractivity contribution in [1.82, 2.24) is 0 Å². The largest absolute Gasteiger partial charge is 0.481 e. The molecule has 8 nitrogen and oxygen atoms in total. The maximum Gasteiger partial charge on any atom is 0.338 e. The summed E-state index contributed by atoms with van der Waals surface area (Å²) in [5.74, 6) is -3.92. The molecule has 1 amide bonds. The molecule has 0 unspecified atom stereocenters. The van der Waals surface area contributed by atoms with Gasteiger partial charge >= 0.3 is 17.9 Å². The standard InChI is InChI=1S/C23H29NO7/c1-11(2)30-22(28)15-8-16(23(29)31-12(3)4)10-17(9-15)24-20(25)18-13-5-6-14(7-13)19(18)21(26)27/h8-14,18-19H,5-7H2,1-4H3,(H,24,25)(H,26,27)/t13-,14-,18-,19-/m0/s1. The number of amides is 1. The molecular formula is C23H29NO7. The third-order valence-electron chi connectivity index (χ3n) is 5.86. The van der Waals surface area contributed by atoms with Gasteiger partial charge in [-0.05, 0) is 77.0 Å². The van der Waals surface area contributed by atoms with Crippen molar-refractivity contribution in [1.29, 1.82) is 0 Å². The van der Waals surface area contributed by atoms with E-state index in [1.54, 1.807) is 27.7 Å². The molecule has 31 heavy (non-hydrogen) atoms. The quantitative estimate of drug-likeness (QED) is 0.634. The summed E-state index contributed by atoms with van der Waals surface area (Å²) in [5, 5.41) is 12.4. The summed E-state index contributed by atoms with van der Waals surface area (Å²) in [7, 11) is 0. The molecule has 2 bridgehead atoms. The van der Waals surface area contributed by atoms with Crippen molar-refractivity contribution in [3.8, 4) is 0 Å². The van der Waals surface area contributed by atoms with Gasteiger partial charge in [0.15, 0.2) is 0 Å². The summed E-state index contributed by atoms with van der Waals surface area (Å²) in [5.41, 5.74) is 0.431. The summed E-state index contributed by atoms with van der Waals surface area (Å²) in [6.07, 6.45) is 1.68. The van der Waals surface area contributed by atoms with E-state index in [0.29, 0.717) is 0 Å². The number of ether oxygens (including phenoxy) is 2. The summed E-state index contributed by atoms with van der Waals surface area (Å²) in [4.78, 5) is 49.6. The van der Waals surface area contributed by atoms with E-state index in [2.05, 4.69) is 5.32 Å². The molecule has 0 heterocycles. The zero-order chi connectivity index (χ0) is 22.9. The first-order valence-electron chi connectivity index (χ1n) is 10.7. The number of carboxylic acids is 1. The van der Waals surface area contributed by atoms with Crippen LogP contribution in [0.1, 0.15) is 67.7 Å². The molecule has 1 aromatic rings. The number of esters is 2. The van der Waals surface area contributed by atoms with E-state index in [4.69, 9.17) is 9.47 Å². The predicted octanol–water partition coefficient (Wildman–Crippen LogP) is 3.50. The third kappa shape index (κ3) is 5.06. The van der Waals surface area contributed by atoms with Crippen LogP contribution in [0, 0.1) is 23.7 Å². The number of aliphatic carboxylic acids is 1. The van der Waals surface area contributed by atoms with Crippen molar-refractivity contribution in [2.45, 2.75) is 59.2 Å². The van der Waals surface area contributed by atoms with Crippen LogP contribution < -0.4 is 5.32 Å². The highest BCUT2D eigenvalue weighted by molar-refractivity contribution is 6.01. The Morgan fingerprint density at radius 1 is 0.871 bits per heavy atom. The van der Waals surface area contributed by atoms with Crippen LogP contribution in [0.4, 0.5) is 5.69 Å². The van der Waals surface area contributed by atoms with Crippen molar-refractivity contribution < 1.29 is 33.8 Å². The molecule has 2 aliphatic rings. The maximum atomic E-state index is 13.0. The number of fused-ring (bicyclic) bond motifs is 2. The first kappa shape index (κ1) is 22.8. The molecule has 2 fully saturated rings. The van der Waals surface area contributed by atoms with Gasteiger partial charge in [-0.2, -0.15) is 0 Å². The van der Waals surface area contributed by atoms with Crippen LogP contribution in [0.2, 0.25) is 0 Å². The van der Waals surface area contributed by atoms with Gasteiger partial charge in [0, 0.05) is 5.69 Å². The lowest BCUT2D eigenvalue weighted by Gasteiger charge is -2.27. The third-order valence-corrected chi connectivity index (χ3v) is 5.86. The molecule has 0 aromatic heterocycles. The zero-order valence-corrected chi connectivity index (χ0v) is 18.2. The summed E-state index contributed by atoms with van der Waals surface area (Å²) < 4.78 is 10.4. The van der Waals surface area contributed by atoms with Crippen LogP contribution in [0.25, 0.3) is 0 Å². The van der Waals surface area contributed by atoms with Gasteiger partial charge < -0.3 is 19.9 Å². The Hall–Kier alpha value is -2.90. The first-order valence-corrected chi connectivity index (χ1v) is 10.7. The van der Waals surface area contributed by atoms with E-state index in [1.165, 1.54) is 18.2 Å². The van der Waals surface area contributed by atoms with E-state index in [0.717, 1.165) is 19.3 Å². The number of rotatable bonds is 7. The van der Waals surface area contributed by atoms with E-state index >= 15 is 0 Å². The van der Waals surface area contributed by atoms with Crippen molar-refractivity contribution >= 4 is 29.5 Å². The normalized spacial score (nSPS) is 24.3. The number of carboxylic acid groups (broad SMARTS) is 1. The number of carbonyl (C=O) groups excluding carboxylic acids is 3. The lowest BCUT2D eigenvalue weighted by atomic mass is 9.78. The second kappa shape index (κ2) is 9.08. The first-order chi connectivity index (χ1) is 14.6. The van der Waals surface area contributed by atoms with Gasteiger partial charge in [0.1, 0.15) is 0 Å². The van der Waals surface area contributed by atoms with Crippen molar-refractivity contribution in [2.24, 2.45) is 23.7 Å². The number of hydrogen-bond acceptors (Lipinski definition) is 6. The molecule has 0 spiro atoms. The summed E-state index contributed by atoms with van der Waals surface area (Å²) in [6.45, 7) is 6.83. The lowest BCUT2D eigenvalue weighted by Crippen LogP contribution is -2.37. The highest BCUT2D eigenvalue weighted by Gasteiger charge is 2.54. The Morgan fingerprint density at radius 2 is 1.35 bits per heavy atom. The Balaban J connectivity index is 1.88. The second-order valence-electron chi connectivity index (χ2n) is 8.92. The van der Waals surface area contributed by atoms with Crippen LogP contribution >= 0.6 is 0 Å². The molecule has 0 saturated heterocycles. The average Bonchev–Trinajstić information content (AvgIpc) is 3.28. The summed E-state index contributed by atoms with van der Waals surface area (Å²) in [6, 6.07) is 4.22.